The Kier molecular flexibility index (Phi) is 3.45. The number of hydrogen-bond acceptors (Lipinski definition) is 2. The molecule has 1 N–H and O–H groups in total. The first-order valence-corrected chi connectivity index (χ1v) is 5.95. The highest BCUT2D eigenvalue weighted by molar-refractivity contribution is 7.71. The molecule has 2 rings (SSSR count). The third kappa shape index (κ3) is 2.68. The number of alkyl halides is 3. The van der Waals surface area contributed by atoms with Gasteiger partial charge in [0.15, 0.2) is 0 Å². The van der Waals surface area contributed by atoms with Crippen LogP contribution in [0.5, 0.6) is 0 Å². The van der Waals surface area contributed by atoms with Crippen LogP contribution in [0.2, 0.25) is 0 Å². The molecule has 19 heavy (non-hydrogen) atoms. The minimum absolute atomic E-state index is 0.000602. The van der Waals surface area contributed by atoms with Crippen LogP contribution in [0, 0.1) is 18.5 Å². The van der Waals surface area contributed by atoms with Gasteiger partial charge >= 0.3 is 6.18 Å². The van der Waals surface area contributed by atoms with Crippen molar-refractivity contribution in [2.24, 2.45) is 0 Å². The maximum atomic E-state index is 13.0. The van der Waals surface area contributed by atoms with Crippen molar-refractivity contribution < 1.29 is 13.2 Å². The summed E-state index contributed by atoms with van der Waals surface area (Å²) in [4.78, 5) is 7.05. The summed E-state index contributed by atoms with van der Waals surface area (Å²) in [6.07, 6.45) is -4.43. The van der Waals surface area contributed by atoms with Gasteiger partial charge in [0.1, 0.15) is 10.3 Å². The molecule has 0 spiro atoms. The van der Waals surface area contributed by atoms with Crippen molar-refractivity contribution in [3.8, 4) is 11.3 Å². The Labute approximate surface area is 113 Å². The summed E-state index contributed by atoms with van der Waals surface area (Å²) in [7, 11) is 0. The van der Waals surface area contributed by atoms with Crippen molar-refractivity contribution in [1.82, 2.24) is 9.97 Å². The molecule has 0 aliphatic rings. The lowest BCUT2D eigenvalue weighted by Crippen LogP contribution is -2.08. The molecule has 1 aromatic heterocycles. The number of halogens is 3. The Balaban J connectivity index is 2.74. The van der Waals surface area contributed by atoms with Gasteiger partial charge in [-0.3, -0.25) is 0 Å². The normalized spacial score (nSPS) is 11.6. The fourth-order valence-corrected chi connectivity index (χ4v) is 2.05. The lowest BCUT2D eigenvalue weighted by molar-refractivity contribution is -0.137. The third-order valence-corrected chi connectivity index (χ3v) is 3.12. The number of nitrogens with one attached hydrogen (secondary N) is 1. The van der Waals surface area contributed by atoms with E-state index >= 15 is 0 Å². The van der Waals surface area contributed by atoms with E-state index in [1.54, 1.807) is 13.8 Å². The van der Waals surface area contributed by atoms with E-state index in [1.165, 1.54) is 18.2 Å². The van der Waals surface area contributed by atoms with E-state index in [0.717, 1.165) is 11.8 Å². The lowest BCUT2D eigenvalue weighted by atomic mass is 10.0. The molecule has 1 aromatic carbocycles. The molecule has 100 valence electrons. The van der Waals surface area contributed by atoms with Gasteiger partial charge in [0.25, 0.3) is 0 Å². The number of aryl methyl sites for hydroxylation is 2. The molecular formula is C13H11F3N2S. The second kappa shape index (κ2) is 4.77. The molecular weight excluding hydrogens is 273 g/mol. The summed E-state index contributed by atoms with van der Waals surface area (Å²) in [5, 5.41) is 0. The van der Waals surface area contributed by atoms with Crippen LogP contribution < -0.4 is 0 Å². The standard InChI is InChI=1S/C13H11F3N2S/c1-7-8(2)18-12(19)11(17-7)9-5-3-4-6-10(9)13(14,15)16/h3-6H,1-2H3,(H,18,19). The Morgan fingerprint density at radius 2 is 1.79 bits per heavy atom. The van der Waals surface area contributed by atoms with E-state index in [2.05, 4.69) is 9.97 Å². The Morgan fingerprint density at radius 3 is 2.42 bits per heavy atom. The van der Waals surface area contributed by atoms with Gasteiger partial charge in [-0.15, -0.1) is 0 Å². The van der Waals surface area contributed by atoms with E-state index in [9.17, 15) is 13.2 Å². The second-order valence-electron chi connectivity index (χ2n) is 4.17. The number of hydrogen-bond donors (Lipinski definition) is 1. The summed E-state index contributed by atoms with van der Waals surface area (Å²) < 4.78 is 39.1. The van der Waals surface area contributed by atoms with Crippen LogP contribution in [0.15, 0.2) is 24.3 Å². The first-order valence-electron chi connectivity index (χ1n) is 5.55. The van der Waals surface area contributed by atoms with Crippen molar-refractivity contribution in [3.63, 3.8) is 0 Å². The molecule has 0 radical (unpaired) electrons. The van der Waals surface area contributed by atoms with Gasteiger partial charge in [-0.25, -0.2) is 4.98 Å². The van der Waals surface area contributed by atoms with E-state index in [-0.39, 0.29) is 15.9 Å². The molecule has 2 nitrogen and oxygen atoms in total. The van der Waals surface area contributed by atoms with Gasteiger partial charge in [0.2, 0.25) is 0 Å². The van der Waals surface area contributed by atoms with Crippen LogP contribution in [-0.4, -0.2) is 9.97 Å². The zero-order valence-electron chi connectivity index (χ0n) is 10.3. The van der Waals surface area contributed by atoms with E-state index < -0.39 is 11.7 Å². The minimum atomic E-state index is -4.43. The van der Waals surface area contributed by atoms with Crippen molar-refractivity contribution in [1.29, 1.82) is 0 Å². The predicted octanol–water partition coefficient (Wildman–Crippen LogP) is 4.44. The number of nitrogens with zero attached hydrogens (tertiary/aromatic N) is 1. The molecule has 0 atom stereocenters. The van der Waals surface area contributed by atoms with Crippen molar-refractivity contribution in [3.05, 3.63) is 45.9 Å². The average Bonchev–Trinajstić information content (AvgIpc) is 2.33. The summed E-state index contributed by atoms with van der Waals surface area (Å²) in [6.45, 7) is 3.50. The first kappa shape index (κ1) is 13.7. The molecule has 0 saturated carbocycles. The van der Waals surface area contributed by atoms with E-state index in [1.807, 2.05) is 0 Å². The summed E-state index contributed by atoms with van der Waals surface area (Å²) in [6, 6.07) is 5.29. The van der Waals surface area contributed by atoms with Gasteiger partial charge in [-0.05, 0) is 19.9 Å². The number of benzene rings is 1. The fourth-order valence-electron chi connectivity index (χ4n) is 1.74. The van der Waals surface area contributed by atoms with Gasteiger partial charge in [0, 0.05) is 11.3 Å². The highest BCUT2D eigenvalue weighted by atomic mass is 32.1. The SMILES string of the molecule is Cc1nc(-c2ccccc2C(F)(F)F)c(=S)[nH]c1C. The van der Waals surface area contributed by atoms with Gasteiger partial charge in [-0.2, -0.15) is 13.2 Å². The molecule has 0 saturated heterocycles. The second-order valence-corrected chi connectivity index (χ2v) is 4.58. The predicted molar refractivity (Wildman–Crippen MR) is 69.3 cm³/mol. The summed E-state index contributed by atoms with van der Waals surface area (Å²) in [5.41, 5.74) is 0.800. The lowest BCUT2D eigenvalue weighted by Gasteiger charge is -2.13. The first-order chi connectivity index (χ1) is 8.80. The Morgan fingerprint density at radius 1 is 1.16 bits per heavy atom. The van der Waals surface area contributed by atoms with Crippen LogP contribution in [0.4, 0.5) is 13.2 Å². The quantitative estimate of drug-likeness (QED) is 0.784. The summed E-state index contributed by atoms with van der Waals surface area (Å²) in [5.74, 6) is 0. The van der Waals surface area contributed by atoms with Gasteiger partial charge in [-0.1, -0.05) is 30.4 Å². The largest absolute Gasteiger partial charge is 0.417 e. The number of rotatable bonds is 1. The molecule has 0 fully saturated rings. The minimum Gasteiger partial charge on any atom is -0.347 e. The van der Waals surface area contributed by atoms with Crippen LogP contribution >= 0.6 is 12.2 Å². The van der Waals surface area contributed by atoms with Crippen LogP contribution in [0.1, 0.15) is 17.0 Å². The molecule has 6 heteroatoms. The molecule has 2 aromatic rings. The molecule has 0 unspecified atom stereocenters. The van der Waals surface area contributed by atoms with Crippen molar-refractivity contribution in [2.75, 3.05) is 0 Å². The van der Waals surface area contributed by atoms with Crippen LogP contribution in [0.3, 0.4) is 0 Å². The van der Waals surface area contributed by atoms with Gasteiger partial charge in [0.05, 0.1) is 11.3 Å². The van der Waals surface area contributed by atoms with Crippen LogP contribution in [0.25, 0.3) is 11.3 Å². The Bertz CT molecular complexity index is 674. The number of aromatic nitrogens is 2. The molecule has 0 aliphatic heterocycles. The summed E-state index contributed by atoms with van der Waals surface area (Å²) >= 11 is 5.08. The monoisotopic (exact) mass is 284 g/mol. The molecule has 0 bridgehead atoms. The average molecular weight is 284 g/mol. The smallest absolute Gasteiger partial charge is 0.347 e. The highest BCUT2D eigenvalue weighted by Gasteiger charge is 2.34. The Hall–Kier alpha value is -1.69. The maximum Gasteiger partial charge on any atom is 0.417 e. The maximum absolute atomic E-state index is 13.0. The zero-order chi connectivity index (χ0) is 14.2. The third-order valence-electron chi connectivity index (χ3n) is 2.83. The van der Waals surface area contributed by atoms with Crippen molar-refractivity contribution in [2.45, 2.75) is 20.0 Å². The topological polar surface area (TPSA) is 28.7 Å². The molecule has 1 heterocycles. The van der Waals surface area contributed by atoms with Crippen LogP contribution in [-0.2, 0) is 6.18 Å². The van der Waals surface area contributed by atoms with E-state index in [0.29, 0.717) is 5.69 Å². The number of H-pyrrole nitrogens is 1. The number of aromatic amines is 1. The van der Waals surface area contributed by atoms with Crippen molar-refractivity contribution >= 4 is 12.2 Å². The molecule has 0 aliphatic carbocycles. The fraction of sp³-hybridized carbons (Fsp3) is 0.231. The van der Waals surface area contributed by atoms with E-state index in [4.69, 9.17) is 12.2 Å². The highest BCUT2D eigenvalue weighted by Crippen LogP contribution is 2.36. The molecule has 0 amide bonds. The van der Waals surface area contributed by atoms with Gasteiger partial charge < -0.3 is 4.98 Å². The zero-order valence-corrected chi connectivity index (χ0v) is 11.1.